The van der Waals surface area contributed by atoms with Gasteiger partial charge in [0.25, 0.3) is 0 Å². The lowest BCUT2D eigenvalue weighted by atomic mass is 9.98. The number of thioether (sulfide) groups is 1. The number of sulfone groups is 1. The number of aliphatic carboxylic acids is 1. The lowest BCUT2D eigenvalue weighted by molar-refractivity contribution is -0.137. The number of benzene rings is 3. The lowest BCUT2D eigenvalue weighted by Gasteiger charge is -2.15. The summed E-state index contributed by atoms with van der Waals surface area (Å²) in [6.45, 7) is 0.840. The minimum atomic E-state index is -3.69. The molecule has 1 atom stereocenters. The Morgan fingerprint density at radius 1 is 1.00 bits per heavy atom. The predicted octanol–water partition coefficient (Wildman–Crippen LogP) is 5.02. The van der Waals surface area contributed by atoms with Crippen molar-refractivity contribution >= 4 is 38.4 Å². The molecule has 0 fully saturated rings. The molecule has 0 amide bonds. The summed E-state index contributed by atoms with van der Waals surface area (Å²) >= 11 is 1.71. The van der Waals surface area contributed by atoms with E-state index in [4.69, 9.17) is 0 Å². The fraction of sp³-hybridized carbons (Fsp3) is 0.214. The van der Waals surface area contributed by atoms with Crippen LogP contribution in [0.2, 0.25) is 0 Å². The van der Waals surface area contributed by atoms with Gasteiger partial charge in [0.2, 0.25) is 0 Å². The summed E-state index contributed by atoms with van der Waals surface area (Å²) in [6.07, 6.45) is 0.837. The monoisotopic (exact) mass is 518 g/mol. The van der Waals surface area contributed by atoms with Crippen molar-refractivity contribution in [2.45, 2.75) is 23.7 Å². The number of amidine groups is 1. The highest BCUT2D eigenvalue weighted by molar-refractivity contribution is 8.14. The number of rotatable bonds is 7. The molecule has 2 N–H and O–H groups in total. The fourth-order valence-corrected chi connectivity index (χ4v) is 6.22. The molecule has 0 radical (unpaired) electrons. The highest BCUT2D eigenvalue weighted by Gasteiger charge is 2.24. The molecular formula is C28H26N2O4S2. The summed E-state index contributed by atoms with van der Waals surface area (Å²) in [4.78, 5) is 16.0. The van der Waals surface area contributed by atoms with Crippen LogP contribution in [0.1, 0.15) is 35.4 Å². The zero-order valence-electron chi connectivity index (χ0n) is 19.6. The predicted molar refractivity (Wildman–Crippen MR) is 145 cm³/mol. The Bertz CT molecular complexity index is 1410. The molecule has 1 aliphatic heterocycles. The number of nitrogens with one attached hydrogen (secondary N) is 1. The summed E-state index contributed by atoms with van der Waals surface area (Å²) in [5, 5.41) is 13.5. The van der Waals surface area contributed by atoms with Gasteiger partial charge in [-0.15, -0.1) is 0 Å². The van der Waals surface area contributed by atoms with E-state index in [0.717, 1.165) is 35.1 Å². The normalized spacial score (nSPS) is 14.2. The van der Waals surface area contributed by atoms with Crippen molar-refractivity contribution in [3.8, 4) is 11.8 Å². The largest absolute Gasteiger partial charge is 0.481 e. The van der Waals surface area contributed by atoms with E-state index in [0.29, 0.717) is 11.1 Å². The molecule has 0 saturated heterocycles. The number of carbonyl (C=O) groups is 1. The Balaban J connectivity index is 1.46. The summed E-state index contributed by atoms with van der Waals surface area (Å²) in [6, 6.07) is 23.0. The zero-order chi connectivity index (χ0) is 25.4. The van der Waals surface area contributed by atoms with E-state index in [1.807, 2.05) is 30.3 Å². The third-order valence-electron chi connectivity index (χ3n) is 5.59. The molecule has 36 heavy (non-hydrogen) atoms. The van der Waals surface area contributed by atoms with Crippen LogP contribution in [0.25, 0.3) is 0 Å². The van der Waals surface area contributed by atoms with Gasteiger partial charge in [0.05, 0.1) is 17.1 Å². The van der Waals surface area contributed by atoms with Gasteiger partial charge in [-0.25, -0.2) is 8.42 Å². The summed E-state index contributed by atoms with van der Waals surface area (Å²) in [5.41, 5.74) is 3.13. The molecule has 1 aliphatic rings. The van der Waals surface area contributed by atoms with Crippen molar-refractivity contribution < 1.29 is 18.3 Å². The van der Waals surface area contributed by atoms with Gasteiger partial charge >= 0.3 is 5.97 Å². The first-order valence-electron chi connectivity index (χ1n) is 11.5. The van der Waals surface area contributed by atoms with Gasteiger partial charge < -0.3 is 10.4 Å². The van der Waals surface area contributed by atoms with Crippen molar-refractivity contribution in [1.82, 2.24) is 0 Å². The number of aliphatic imine (C=N–C) groups is 1. The third-order valence-corrected chi connectivity index (χ3v) is 8.42. The van der Waals surface area contributed by atoms with Crippen molar-refractivity contribution in [3.05, 3.63) is 95.6 Å². The smallest absolute Gasteiger partial charge is 0.303 e. The van der Waals surface area contributed by atoms with Crippen LogP contribution in [-0.4, -0.2) is 42.7 Å². The second-order valence-electron chi connectivity index (χ2n) is 8.36. The standard InChI is InChI=1S/C28H26N2O4S2/c31-27(32)19-24(23-7-2-1-3-8-23)20-36(33,34)26-14-12-21(13-15-26)10-11-22-6-4-9-25(18-22)30-28-29-16-5-17-35-28/h1-4,6-9,12-15,18,24H,5,16-17,19-20H2,(H,29,30)(H,31,32). The average molecular weight is 519 g/mol. The van der Waals surface area contributed by atoms with Crippen LogP contribution in [0.5, 0.6) is 0 Å². The van der Waals surface area contributed by atoms with Crippen LogP contribution in [0.15, 0.2) is 88.8 Å². The van der Waals surface area contributed by atoms with E-state index >= 15 is 0 Å². The molecule has 3 aromatic carbocycles. The van der Waals surface area contributed by atoms with Crippen LogP contribution in [0.4, 0.5) is 5.69 Å². The van der Waals surface area contributed by atoms with Gasteiger partial charge in [0, 0.05) is 35.0 Å². The Morgan fingerprint density at radius 3 is 2.44 bits per heavy atom. The molecule has 1 unspecified atom stereocenters. The van der Waals surface area contributed by atoms with Gasteiger partial charge in [0.1, 0.15) is 0 Å². The second kappa shape index (κ2) is 11.9. The van der Waals surface area contributed by atoms with Crippen LogP contribution in [0, 0.1) is 11.8 Å². The van der Waals surface area contributed by atoms with E-state index in [-0.39, 0.29) is 17.1 Å². The first kappa shape index (κ1) is 25.5. The highest BCUT2D eigenvalue weighted by atomic mass is 32.2. The van der Waals surface area contributed by atoms with E-state index in [9.17, 15) is 18.3 Å². The molecule has 4 rings (SSSR count). The maximum Gasteiger partial charge on any atom is 0.303 e. The Kier molecular flexibility index (Phi) is 8.47. The molecule has 6 nitrogen and oxygen atoms in total. The average Bonchev–Trinajstić information content (AvgIpc) is 2.88. The minimum Gasteiger partial charge on any atom is -0.481 e. The number of hydrogen-bond acceptors (Lipinski definition) is 6. The molecule has 1 heterocycles. The molecular weight excluding hydrogens is 492 g/mol. The van der Waals surface area contributed by atoms with E-state index in [1.165, 1.54) is 12.1 Å². The van der Waals surface area contributed by atoms with Gasteiger partial charge in [-0.1, -0.05) is 60.0 Å². The Hall–Kier alpha value is -3.54. The number of nitrogens with zero attached hydrogens (tertiary/aromatic N) is 1. The number of carboxylic acids is 1. The highest BCUT2D eigenvalue weighted by Crippen LogP contribution is 2.25. The van der Waals surface area contributed by atoms with Crippen LogP contribution in [-0.2, 0) is 14.6 Å². The second-order valence-corrected chi connectivity index (χ2v) is 11.5. The number of hydrogen-bond donors (Lipinski definition) is 2. The molecule has 184 valence electrons. The zero-order valence-corrected chi connectivity index (χ0v) is 21.2. The first-order chi connectivity index (χ1) is 17.4. The van der Waals surface area contributed by atoms with Crippen LogP contribution >= 0.6 is 11.8 Å². The van der Waals surface area contributed by atoms with Crippen molar-refractivity contribution in [2.24, 2.45) is 4.99 Å². The first-order valence-corrected chi connectivity index (χ1v) is 14.2. The summed E-state index contributed by atoms with van der Waals surface area (Å²) < 4.78 is 26.1. The number of carboxylic acid groups (broad SMARTS) is 1. The SMILES string of the molecule is O=C(O)CC(CS(=O)(=O)c1ccc(C#Cc2cccc(NC3=NCCCS3)c2)cc1)c1ccccc1. The lowest BCUT2D eigenvalue weighted by Crippen LogP contribution is -2.18. The Morgan fingerprint density at radius 2 is 1.75 bits per heavy atom. The molecule has 3 aromatic rings. The molecule has 0 spiro atoms. The maximum atomic E-state index is 13.0. The quantitative estimate of drug-likeness (QED) is 0.426. The van der Waals surface area contributed by atoms with Crippen LogP contribution in [0.3, 0.4) is 0 Å². The molecule has 8 heteroatoms. The topological polar surface area (TPSA) is 95.8 Å². The maximum absolute atomic E-state index is 13.0. The van der Waals surface area contributed by atoms with Crippen molar-refractivity contribution in [1.29, 1.82) is 0 Å². The van der Waals surface area contributed by atoms with Crippen molar-refractivity contribution in [2.75, 3.05) is 23.4 Å². The molecule has 0 aromatic heterocycles. The van der Waals surface area contributed by atoms with Gasteiger partial charge in [-0.2, -0.15) is 0 Å². The van der Waals surface area contributed by atoms with E-state index in [2.05, 4.69) is 22.2 Å². The molecule has 0 bridgehead atoms. The third kappa shape index (κ3) is 7.23. The van der Waals surface area contributed by atoms with E-state index in [1.54, 1.807) is 48.2 Å². The minimum absolute atomic E-state index is 0.149. The molecule has 0 aliphatic carbocycles. The van der Waals surface area contributed by atoms with Crippen molar-refractivity contribution in [3.63, 3.8) is 0 Å². The number of anilines is 1. The van der Waals surface area contributed by atoms with E-state index < -0.39 is 21.7 Å². The fourth-order valence-electron chi connectivity index (χ4n) is 3.79. The van der Waals surface area contributed by atoms with Gasteiger partial charge in [0.15, 0.2) is 15.0 Å². The summed E-state index contributed by atoms with van der Waals surface area (Å²) in [7, 11) is -3.69. The Labute approximate surface area is 215 Å². The summed E-state index contributed by atoms with van der Waals surface area (Å²) in [5.74, 6) is 5.31. The van der Waals surface area contributed by atoms with Crippen LogP contribution < -0.4 is 5.32 Å². The van der Waals surface area contributed by atoms with Gasteiger partial charge in [-0.3, -0.25) is 9.79 Å². The van der Waals surface area contributed by atoms with Gasteiger partial charge in [-0.05, 0) is 54.4 Å². The molecule has 0 saturated carbocycles.